The van der Waals surface area contributed by atoms with E-state index in [2.05, 4.69) is 10.2 Å². The Morgan fingerprint density at radius 3 is 2.43 bits per heavy atom. The number of ketones is 1. The number of aromatic nitrogens is 3. The zero-order valence-electron chi connectivity index (χ0n) is 19.3. The van der Waals surface area contributed by atoms with Gasteiger partial charge in [-0.25, -0.2) is 0 Å². The number of aryl methyl sites for hydroxylation is 1. The summed E-state index contributed by atoms with van der Waals surface area (Å²) in [7, 11) is 3.13. The minimum absolute atomic E-state index is 0.0388. The van der Waals surface area contributed by atoms with Crippen molar-refractivity contribution in [3.8, 4) is 28.6 Å². The van der Waals surface area contributed by atoms with Gasteiger partial charge in [-0.2, -0.15) is 0 Å². The van der Waals surface area contributed by atoms with E-state index in [1.165, 1.54) is 30.0 Å². The summed E-state index contributed by atoms with van der Waals surface area (Å²) < 4.78 is 12.6. The molecule has 0 N–H and O–H groups in total. The summed E-state index contributed by atoms with van der Waals surface area (Å²) in [6.45, 7) is 2.00. The zero-order chi connectivity index (χ0) is 24.9. The third kappa shape index (κ3) is 5.17. The minimum atomic E-state index is -0.520. The van der Waals surface area contributed by atoms with Crippen LogP contribution in [0.1, 0.15) is 15.9 Å². The summed E-state index contributed by atoms with van der Waals surface area (Å²) in [5.41, 5.74) is 2.83. The van der Waals surface area contributed by atoms with Crippen molar-refractivity contribution >= 4 is 23.2 Å². The molecule has 4 rings (SSSR count). The number of nitro benzene ring substituents is 1. The number of non-ortho nitro benzene ring substituents is 1. The molecule has 35 heavy (non-hydrogen) atoms. The third-order valence-corrected chi connectivity index (χ3v) is 6.21. The quantitative estimate of drug-likeness (QED) is 0.137. The summed E-state index contributed by atoms with van der Waals surface area (Å²) in [6, 6.07) is 19.0. The molecule has 4 aromatic rings. The Morgan fingerprint density at radius 1 is 1.00 bits per heavy atom. The Labute approximate surface area is 205 Å². The van der Waals surface area contributed by atoms with Crippen LogP contribution in [0.4, 0.5) is 5.69 Å². The molecule has 3 aromatic carbocycles. The molecule has 178 valence electrons. The van der Waals surface area contributed by atoms with Crippen LogP contribution in [0.15, 0.2) is 71.9 Å². The van der Waals surface area contributed by atoms with Crippen molar-refractivity contribution < 1.29 is 19.2 Å². The monoisotopic (exact) mass is 490 g/mol. The van der Waals surface area contributed by atoms with Crippen molar-refractivity contribution in [1.29, 1.82) is 0 Å². The van der Waals surface area contributed by atoms with Gasteiger partial charge >= 0.3 is 0 Å². The van der Waals surface area contributed by atoms with E-state index in [9.17, 15) is 14.9 Å². The van der Waals surface area contributed by atoms with E-state index in [1.807, 2.05) is 47.9 Å². The van der Waals surface area contributed by atoms with Gasteiger partial charge in [-0.15, -0.1) is 10.2 Å². The van der Waals surface area contributed by atoms with Crippen LogP contribution in [0, 0.1) is 17.0 Å². The van der Waals surface area contributed by atoms with E-state index in [-0.39, 0.29) is 22.8 Å². The molecule has 10 heteroatoms. The second kappa shape index (κ2) is 10.4. The molecular weight excluding hydrogens is 468 g/mol. The summed E-state index contributed by atoms with van der Waals surface area (Å²) in [4.78, 5) is 23.3. The summed E-state index contributed by atoms with van der Waals surface area (Å²) in [5, 5.41) is 20.3. The number of carbonyl (C=O) groups excluding carboxylic acids is 1. The lowest BCUT2D eigenvalue weighted by Gasteiger charge is -2.12. The number of thioether (sulfide) groups is 1. The molecule has 0 atom stereocenters. The molecule has 0 saturated heterocycles. The molecular formula is C25H22N4O5S. The highest BCUT2D eigenvalue weighted by atomic mass is 32.2. The highest BCUT2D eigenvalue weighted by molar-refractivity contribution is 7.99. The number of rotatable bonds is 9. The predicted molar refractivity (Wildman–Crippen MR) is 133 cm³/mol. The summed E-state index contributed by atoms with van der Waals surface area (Å²) >= 11 is 1.21. The fraction of sp³-hybridized carbons (Fsp3) is 0.160. The largest absolute Gasteiger partial charge is 0.493 e. The van der Waals surface area contributed by atoms with Crippen molar-refractivity contribution in [2.45, 2.75) is 12.1 Å². The van der Waals surface area contributed by atoms with Gasteiger partial charge in [0.2, 0.25) is 0 Å². The van der Waals surface area contributed by atoms with Gasteiger partial charge in [0.15, 0.2) is 28.3 Å². The van der Waals surface area contributed by atoms with Crippen LogP contribution in [0.2, 0.25) is 0 Å². The number of hydrogen-bond acceptors (Lipinski definition) is 8. The smallest absolute Gasteiger partial charge is 0.270 e. The average Bonchev–Trinajstić information content (AvgIpc) is 3.31. The second-order valence-corrected chi connectivity index (χ2v) is 8.51. The van der Waals surface area contributed by atoms with E-state index >= 15 is 0 Å². The number of Topliss-reactive ketones (excluding diaryl/α,β-unsaturated/α-hetero) is 1. The molecule has 1 aromatic heterocycles. The molecule has 0 aliphatic rings. The first-order valence-corrected chi connectivity index (χ1v) is 11.5. The Kier molecular flexibility index (Phi) is 7.11. The Balaban J connectivity index is 1.69. The van der Waals surface area contributed by atoms with Crippen LogP contribution < -0.4 is 9.47 Å². The fourth-order valence-corrected chi connectivity index (χ4v) is 4.31. The highest BCUT2D eigenvalue weighted by Crippen LogP contribution is 2.34. The van der Waals surface area contributed by atoms with Gasteiger partial charge in [0.05, 0.1) is 24.9 Å². The normalized spacial score (nSPS) is 10.7. The minimum Gasteiger partial charge on any atom is -0.493 e. The lowest BCUT2D eigenvalue weighted by Crippen LogP contribution is -2.05. The molecule has 0 radical (unpaired) electrons. The number of methoxy groups -OCH3 is 2. The van der Waals surface area contributed by atoms with E-state index in [4.69, 9.17) is 9.47 Å². The van der Waals surface area contributed by atoms with Crippen LogP contribution in [0.5, 0.6) is 11.5 Å². The Hall–Kier alpha value is -4.18. The second-order valence-electron chi connectivity index (χ2n) is 7.57. The van der Waals surface area contributed by atoms with Crippen molar-refractivity contribution in [2.24, 2.45) is 0 Å². The first-order chi connectivity index (χ1) is 16.9. The maximum Gasteiger partial charge on any atom is 0.270 e. The average molecular weight is 491 g/mol. The molecule has 9 nitrogen and oxygen atoms in total. The van der Waals surface area contributed by atoms with Crippen LogP contribution in [0.3, 0.4) is 0 Å². The third-order valence-electron chi connectivity index (χ3n) is 5.28. The first-order valence-electron chi connectivity index (χ1n) is 10.6. The molecule has 0 amide bonds. The van der Waals surface area contributed by atoms with E-state index in [0.717, 1.165) is 16.8 Å². The van der Waals surface area contributed by atoms with Crippen LogP contribution in [0.25, 0.3) is 17.1 Å². The van der Waals surface area contributed by atoms with Gasteiger partial charge in [0.1, 0.15) is 0 Å². The lowest BCUT2D eigenvalue weighted by molar-refractivity contribution is -0.384. The number of carbonyl (C=O) groups is 1. The van der Waals surface area contributed by atoms with Gasteiger partial charge in [0, 0.05) is 28.9 Å². The van der Waals surface area contributed by atoms with Crippen molar-refractivity contribution in [3.63, 3.8) is 0 Å². The maximum absolute atomic E-state index is 12.8. The number of ether oxygens (including phenoxy) is 2. The molecule has 0 fully saturated rings. The van der Waals surface area contributed by atoms with E-state index < -0.39 is 4.92 Å². The standard InChI is InChI=1S/C25H22N4O5S/c1-16-7-10-19(11-8-16)28-24(18-9-12-22(33-2)23(14-18)34-3)26-27-25(28)35-15-21(30)17-5-4-6-20(13-17)29(31)32/h4-14H,15H2,1-3H3. The Morgan fingerprint density at radius 2 is 1.74 bits per heavy atom. The van der Waals surface area contributed by atoms with Crippen molar-refractivity contribution in [2.75, 3.05) is 20.0 Å². The predicted octanol–water partition coefficient (Wildman–Crippen LogP) is 5.14. The number of hydrogen-bond donors (Lipinski definition) is 0. The molecule has 0 saturated carbocycles. The molecule has 0 unspecified atom stereocenters. The molecule has 0 aliphatic heterocycles. The number of nitro groups is 1. The lowest BCUT2D eigenvalue weighted by atomic mass is 10.1. The van der Waals surface area contributed by atoms with Gasteiger partial charge < -0.3 is 9.47 Å². The first kappa shape index (κ1) is 24.0. The number of benzene rings is 3. The van der Waals surface area contributed by atoms with Gasteiger partial charge in [0.25, 0.3) is 5.69 Å². The molecule has 0 bridgehead atoms. The zero-order valence-corrected chi connectivity index (χ0v) is 20.1. The SMILES string of the molecule is COc1ccc(-c2nnc(SCC(=O)c3cccc([N+](=O)[O-])c3)n2-c2ccc(C)cc2)cc1OC. The summed E-state index contributed by atoms with van der Waals surface area (Å²) in [6.07, 6.45) is 0. The van der Waals surface area contributed by atoms with E-state index in [1.54, 1.807) is 26.4 Å². The van der Waals surface area contributed by atoms with Gasteiger partial charge in [-0.1, -0.05) is 41.6 Å². The van der Waals surface area contributed by atoms with E-state index in [0.29, 0.717) is 22.5 Å². The maximum atomic E-state index is 12.8. The van der Waals surface area contributed by atoms with Gasteiger partial charge in [-0.05, 0) is 37.3 Å². The highest BCUT2D eigenvalue weighted by Gasteiger charge is 2.20. The molecule has 1 heterocycles. The summed E-state index contributed by atoms with van der Waals surface area (Å²) in [5.74, 6) is 1.51. The van der Waals surface area contributed by atoms with Crippen LogP contribution in [-0.2, 0) is 0 Å². The van der Waals surface area contributed by atoms with Crippen LogP contribution in [-0.4, -0.2) is 45.4 Å². The topological polar surface area (TPSA) is 109 Å². The Bertz CT molecular complexity index is 1390. The molecule has 0 aliphatic carbocycles. The van der Waals surface area contributed by atoms with Crippen LogP contribution >= 0.6 is 11.8 Å². The van der Waals surface area contributed by atoms with Gasteiger partial charge in [-0.3, -0.25) is 19.5 Å². The molecule has 0 spiro atoms. The van der Waals surface area contributed by atoms with Crippen molar-refractivity contribution in [1.82, 2.24) is 14.8 Å². The van der Waals surface area contributed by atoms with Crippen molar-refractivity contribution in [3.05, 3.63) is 88.0 Å². The fourth-order valence-electron chi connectivity index (χ4n) is 3.46. The number of nitrogens with zero attached hydrogens (tertiary/aromatic N) is 4.